The molecule has 2 aromatic rings. The second kappa shape index (κ2) is 5.92. The quantitative estimate of drug-likeness (QED) is 0.663. The van der Waals surface area contributed by atoms with Crippen LogP contribution < -0.4 is 5.84 Å². The van der Waals surface area contributed by atoms with Gasteiger partial charge < -0.3 is 10.4 Å². The van der Waals surface area contributed by atoms with E-state index in [1.54, 1.807) is 0 Å². The van der Waals surface area contributed by atoms with Crippen molar-refractivity contribution in [2.24, 2.45) is 5.92 Å². The van der Waals surface area contributed by atoms with Gasteiger partial charge in [0.25, 0.3) is 5.82 Å². The molecule has 0 aliphatic carbocycles. The third-order valence-electron chi connectivity index (χ3n) is 2.34. The van der Waals surface area contributed by atoms with E-state index in [9.17, 15) is 13.2 Å². The van der Waals surface area contributed by atoms with E-state index in [2.05, 4.69) is 20.3 Å². The molecule has 0 amide bonds. The lowest BCUT2D eigenvalue weighted by molar-refractivity contribution is -0.146. The molecule has 0 bridgehead atoms. The normalized spacial score (nSPS) is 12.3. The Balaban J connectivity index is 2.00. The van der Waals surface area contributed by atoms with Crippen LogP contribution in [-0.4, -0.2) is 25.0 Å². The summed E-state index contributed by atoms with van der Waals surface area (Å²) in [7, 11) is 0. The van der Waals surface area contributed by atoms with Gasteiger partial charge >= 0.3 is 6.18 Å². The van der Waals surface area contributed by atoms with Gasteiger partial charge in [-0.25, -0.2) is 4.68 Å². The summed E-state index contributed by atoms with van der Waals surface area (Å²) in [6.45, 7) is 4.03. The van der Waals surface area contributed by atoms with Crippen LogP contribution >= 0.6 is 11.8 Å². The van der Waals surface area contributed by atoms with Gasteiger partial charge in [0, 0.05) is 6.42 Å². The first-order valence-corrected chi connectivity index (χ1v) is 6.98. The van der Waals surface area contributed by atoms with Crippen LogP contribution in [0.5, 0.6) is 0 Å². The van der Waals surface area contributed by atoms with Crippen molar-refractivity contribution in [1.29, 1.82) is 0 Å². The van der Waals surface area contributed by atoms with Crippen molar-refractivity contribution in [3.63, 3.8) is 0 Å². The largest absolute Gasteiger partial charge is 0.453 e. The van der Waals surface area contributed by atoms with Gasteiger partial charge in [-0.05, 0) is 5.92 Å². The molecule has 21 heavy (non-hydrogen) atoms. The fraction of sp³-hybridized carbons (Fsp3) is 0.600. The predicted molar refractivity (Wildman–Crippen MR) is 67.6 cm³/mol. The zero-order valence-corrected chi connectivity index (χ0v) is 12.1. The lowest BCUT2D eigenvalue weighted by Crippen LogP contribution is -2.21. The number of hydrogen-bond donors (Lipinski definition) is 1. The Morgan fingerprint density at radius 2 is 2.05 bits per heavy atom. The predicted octanol–water partition coefficient (Wildman–Crippen LogP) is 1.88. The number of nitrogens with zero attached hydrogens (tertiary/aromatic N) is 5. The molecule has 2 heterocycles. The number of hydrogen-bond acceptors (Lipinski definition) is 7. The summed E-state index contributed by atoms with van der Waals surface area (Å²) >= 11 is 0.937. The maximum atomic E-state index is 12.5. The molecule has 0 atom stereocenters. The zero-order valence-electron chi connectivity index (χ0n) is 11.3. The fourth-order valence-corrected chi connectivity index (χ4v) is 2.19. The molecule has 0 aromatic carbocycles. The van der Waals surface area contributed by atoms with Crippen LogP contribution in [-0.2, 0) is 18.3 Å². The highest BCUT2D eigenvalue weighted by Gasteiger charge is 2.38. The highest BCUT2D eigenvalue weighted by atomic mass is 32.2. The number of thioether (sulfide) groups is 1. The summed E-state index contributed by atoms with van der Waals surface area (Å²) in [6, 6.07) is 0. The molecule has 2 rings (SSSR count). The van der Waals surface area contributed by atoms with E-state index in [4.69, 9.17) is 10.4 Å². The van der Waals surface area contributed by atoms with E-state index in [1.165, 1.54) is 0 Å². The number of rotatable bonds is 5. The number of nitrogens with two attached hydrogens (primary N) is 1. The molecule has 2 aromatic heterocycles. The van der Waals surface area contributed by atoms with Crippen LogP contribution in [0.4, 0.5) is 13.2 Å². The Kier molecular flexibility index (Phi) is 4.40. The molecule has 0 unspecified atom stereocenters. The van der Waals surface area contributed by atoms with Gasteiger partial charge in [-0.15, -0.1) is 10.2 Å². The maximum absolute atomic E-state index is 12.5. The maximum Gasteiger partial charge on any atom is 0.453 e. The second-order valence-corrected chi connectivity index (χ2v) is 5.61. The summed E-state index contributed by atoms with van der Waals surface area (Å²) in [5.41, 5.74) is 0. The van der Waals surface area contributed by atoms with Crippen molar-refractivity contribution >= 4 is 11.8 Å². The van der Waals surface area contributed by atoms with Gasteiger partial charge in [0.15, 0.2) is 5.82 Å². The molecule has 116 valence electrons. The minimum absolute atomic E-state index is 0.0778. The number of aromatic nitrogens is 5. The van der Waals surface area contributed by atoms with Crippen LogP contribution in [0, 0.1) is 5.92 Å². The molecule has 0 radical (unpaired) electrons. The minimum Gasteiger partial charge on any atom is -0.338 e. The van der Waals surface area contributed by atoms with E-state index < -0.39 is 12.0 Å². The Morgan fingerprint density at radius 1 is 1.33 bits per heavy atom. The van der Waals surface area contributed by atoms with E-state index >= 15 is 0 Å². The molecule has 0 spiro atoms. The Bertz CT molecular complexity index is 608. The fourth-order valence-electron chi connectivity index (χ4n) is 1.49. The first-order valence-electron chi connectivity index (χ1n) is 5.99. The molecular weight excluding hydrogens is 309 g/mol. The molecular formula is C10H13F3N6OS. The highest BCUT2D eigenvalue weighted by Crippen LogP contribution is 2.29. The average Bonchev–Trinajstić information content (AvgIpc) is 2.92. The van der Waals surface area contributed by atoms with Crippen LogP contribution in [0.3, 0.4) is 0 Å². The summed E-state index contributed by atoms with van der Waals surface area (Å²) in [5, 5.41) is 10.1. The molecule has 2 N–H and O–H groups in total. The lowest BCUT2D eigenvalue weighted by atomic mass is 10.1. The molecule has 0 saturated heterocycles. The first kappa shape index (κ1) is 15.6. The van der Waals surface area contributed by atoms with Gasteiger partial charge in [-0.2, -0.15) is 18.2 Å². The zero-order chi connectivity index (χ0) is 15.6. The standard InChI is InChI=1S/C10H13F3N6OS/c1-5(2)3-6-15-7(20-18-6)4-21-9-17-16-8(19(9)14)10(11,12)13/h5H,3-4,14H2,1-2H3. The molecule has 7 nitrogen and oxygen atoms in total. The lowest BCUT2D eigenvalue weighted by Gasteiger charge is -2.05. The highest BCUT2D eigenvalue weighted by molar-refractivity contribution is 7.98. The Hall–Kier alpha value is -1.78. The minimum atomic E-state index is -4.64. The molecule has 0 aliphatic heterocycles. The van der Waals surface area contributed by atoms with Crippen LogP contribution in [0.1, 0.15) is 31.4 Å². The monoisotopic (exact) mass is 322 g/mol. The summed E-state index contributed by atoms with van der Waals surface area (Å²) in [6.07, 6.45) is -3.98. The van der Waals surface area contributed by atoms with Gasteiger partial charge in [0.2, 0.25) is 11.0 Å². The van der Waals surface area contributed by atoms with Crippen molar-refractivity contribution in [2.75, 3.05) is 5.84 Å². The Morgan fingerprint density at radius 3 is 2.62 bits per heavy atom. The van der Waals surface area contributed by atoms with Gasteiger partial charge in [-0.3, -0.25) is 0 Å². The van der Waals surface area contributed by atoms with Crippen LogP contribution in [0.25, 0.3) is 0 Å². The summed E-state index contributed by atoms with van der Waals surface area (Å²) in [4.78, 5) is 4.13. The average molecular weight is 322 g/mol. The van der Waals surface area contributed by atoms with Gasteiger partial charge in [0.1, 0.15) is 0 Å². The van der Waals surface area contributed by atoms with Crippen molar-refractivity contribution in [3.8, 4) is 0 Å². The van der Waals surface area contributed by atoms with Crippen molar-refractivity contribution in [3.05, 3.63) is 17.5 Å². The van der Waals surface area contributed by atoms with Gasteiger partial charge in [-0.1, -0.05) is 30.8 Å². The third kappa shape index (κ3) is 3.86. The topological polar surface area (TPSA) is 95.7 Å². The van der Waals surface area contributed by atoms with Crippen molar-refractivity contribution in [1.82, 2.24) is 25.0 Å². The van der Waals surface area contributed by atoms with E-state index in [1.807, 2.05) is 13.8 Å². The molecule has 0 saturated carbocycles. The van der Waals surface area contributed by atoms with Crippen molar-refractivity contribution in [2.45, 2.75) is 37.4 Å². The van der Waals surface area contributed by atoms with E-state index in [0.29, 0.717) is 28.7 Å². The third-order valence-corrected chi connectivity index (χ3v) is 3.27. The van der Waals surface area contributed by atoms with Crippen molar-refractivity contribution < 1.29 is 17.7 Å². The van der Waals surface area contributed by atoms with Crippen LogP contribution in [0.15, 0.2) is 9.68 Å². The second-order valence-electron chi connectivity index (χ2n) is 4.66. The number of alkyl halides is 3. The first-order chi connectivity index (χ1) is 9.77. The SMILES string of the molecule is CC(C)Cc1noc(CSc2nnc(C(F)(F)F)n2N)n1. The van der Waals surface area contributed by atoms with Crippen LogP contribution in [0.2, 0.25) is 0 Å². The Labute approximate surface area is 122 Å². The van der Waals surface area contributed by atoms with E-state index in [-0.39, 0.29) is 10.9 Å². The molecule has 11 heteroatoms. The van der Waals surface area contributed by atoms with Gasteiger partial charge in [0.05, 0.1) is 5.75 Å². The number of halogens is 3. The van der Waals surface area contributed by atoms with E-state index in [0.717, 1.165) is 11.8 Å². The number of nitrogen functional groups attached to an aromatic ring is 1. The molecule has 0 aliphatic rings. The summed E-state index contributed by atoms with van der Waals surface area (Å²) in [5.74, 6) is 5.46. The smallest absolute Gasteiger partial charge is 0.338 e. The summed E-state index contributed by atoms with van der Waals surface area (Å²) < 4.78 is 42.9. The molecule has 0 fully saturated rings.